The summed E-state index contributed by atoms with van der Waals surface area (Å²) < 4.78 is 0. The van der Waals surface area contributed by atoms with Crippen LogP contribution < -0.4 is 0 Å². The molecule has 9 heavy (non-hydrogen) atoms. The van der Waals surface area contributed by atoms with Crippen LogP contribution in [-0.2, 0) is 0 Å². The van der Waals surface area contributed by atoms with Crippen LogP contribution in [0.3, 0.4) is 0 Å². The molecule has 1 fully saturated rings. The number of nitrogens with one attached hydrogen (secondary N) is 1. The van der Waals surface area contributed by atoms with Gasteiger partial charge in [0.25, 0.3) is 0 Å². The van der Waals surface area contributed by atoms with Crippen LogP contribution in [0.25, 0.3) is 0 Å². The minimum absolute atomic E-state index is 0.355. The molecule has 0 aromatic heterocycles. The Balaban J connectivity index is 2.44. The molecule has 52 valence electrons. The van der Waals surface area contributed by atoms with Gasteiger partial charge in [-0.05, 0) is 12.3 Å². The Hall–Kier alpha value is -0.570. The van der Waals surface area contributed by atoms with Crippen molar-refractivity contribution in [2.24, 2.45) is 5.92 Å². The van der Waals surface area contributed by atoms with Gasteiger partial charge in [-0.2, -0.15) is 0 Å². The Morgan fingerprint density at radius 1 is 1.78 bits per heavy atom. The molecule has 0 radical (unpaired) electrons. The maximum atomic E-state index is 8.90. The third kappa shape index (κ3) is 1.42. The average molecular weight is 128 g/mol. The summed E-state index contributed by atoms with van der Waals surface area (Å²) in [7, 11) is 0. The van der Waals surface area contributed by atoms with Crippen LogP contribution in [-0.4, -0.2) is 22.7 Å². The summed E-state index contributed by atoms with van der Waals surface area (Å²) in [6.45, 7) is 2.72. The van der Waals surface area contributed by atoms with Crippen LogP contribution in [0.2, 0.25) is 0 Å². The second-order valence-electron chi connectivity index (χ2n) is 2.67. The van der Waals surface area contributed by atoms with Gasteiger partial charge in [0.15, 0.2) is 0 Å². The number of hydrogen-bond acceptors (Lipinski definition) is 2. The Labute approximate surface area is 54.8 Å². The number of hydrogen-bond donors (Lipinski definition) is 2. The van der Waals surface area contributed by atoms with Crippen LogP contribution in [0, 0.1) is 11.3 Å². The zero-order valence-electron chi connectivity index (χ0n) is 5.59. The second-order valence-corrected chi connectivity index (χ2v) is 2.67. The van der Waals surface area contributed by atoms with E-state index in [4.69, 9.17) is 10.6 Å². The molecule has 1 heterocycles. The molecular weight excluding hydrogens is 116 g/mol. The molecule has 0 aromatic rings. The van der Waals surface area contributed by atoms with Gasteiger partial charge in [-0.15, -0.1) is 0 Å². The SMILES string of the molecule is CC1CCN(O)C(=N)C1. The smallest absolute Gasteiger partial charge is 0.121 e. The highest BCUT2D eigenvalue weighted by Gasteiger charge is 2.17. The zero-order chi connectivity index (χ0) is 6.85. The third-order valence-corrected chi connectivity index (χ3v) is 1.69. The van der Waals surface area contributed by atoms with Crippen LogP contribution in [0.4, 0.5) is 0 Å². The highest BCUT2D eigenvalue weighted by atomic mass is 16.5. The summed E-state index contributed by atoms with van der Waals surface area (Å²) in [5.41, 5.74) is 0. The van der Waals surface area contributed by atoms with E-state index in [1.165, 1.54) is 0 Å². The van der Waals surface area contributed by atoms with Crippen molar-refractivity contribution in [2.75, 3.05) is 6.54 Å². The van der Waals surface area contributed by atoms with E-state index in [1.807, 2.05) is 0 Å². The molecule has 0 bridgehead atoms. The van der Waals surface area contributed by atoms with Gasteiger partial charge >= 0.3 is 0 Å². The fraction of sp³-hybridized carbons (Fsp3) is 0.833. The number of amidine groups is 1. The molecule has 1 saturated heterocycles. The topological polar surface area (TPSA) is 47.3 Å². The molecule has 1 aliphatic rings. The maximum Gasteiger partial charge on any atom is 0.121 e. The van der Waals surface area contributed by atoms with Crippen molar-refractivity contribution >= 4 is 5.84 Å². The minimum atomic E-state index is 0.355. The number of nitrogens with zero attached hydrogens (tertiary/aromatic N) is 1. The lowest BCUT2D eigenvalue weighted by Crippen LogP contribution is -2.34. The Morgan fingerprint density at radius 2 is 2.44 bits per heavy atom. The first-order valence-electron chi connectivity index (χ1n) is 3.24. The van der Waals surface area contributed by atoms with Crippen molar-refractivity contribution < 1.29 is 5.21 Å². The largest absolute Gasteiger partial charge is 0.287 e. The fourth-order valence-electron chi connectivity index (χ4n) is 1.02. The normalized spacial score (nSPS) is 28.9. The molecule has 3 nitrogen and oxygen atoms in total. The van der Waals surface area contributed by atoms with Crippen molar-refractivity contribution in [3.8, 4) is 0 Å². The molecule has 2 N–H and O–H groups in total. The molecule has 1 atom stereocenters. The van der Waals surface area contributed by atoms with Gasteiger partial charge in [-0.1, -0.05) is 6.92 Å². The van der Waals surface area contributed by atoms with Gasteiger partial charge < -0.3 is 0 Å². The Bertz CT molecular complexity index is 124. The average Bonchev–Trinajstić information content (AvgIpc) is 1.80. The lowest BCUT2D eigenvalue weighted by Gasteiger charge is -2.26. The molecule has 1 rings (SSSR count). The van der Waals surface area contributed by atoms with Crippen molar-refractivity contribution in [2.45, 2.75) is 19.8 Å². The molecule has 0 aliphatic carbocycles. The van der Waals surface area contributed by atoms with Gasteiger partial charge in [-0.3, -0.25) is 10.6 Å². The molecule has 0 amide bonds. The van der Waals surface area contributed by atoms with E-state index >= 15 is 0 Å². The van der Waals surface area contributed by atoms with Gasteiger partial charge in [-0.25, -0.2) is 5.06 Å². The monoisotopic (exact) mass is 128 g/mol. The number of hydroxylamine groups is 2. The summed E-state index contributed by atoms with van der Waals surface area (Å²) in [6.07, 6.45) is 1.72. The van der Waals surface area contributed by atoms with Crippen LogP contribution in [0.1, 0.15) is 19.8 Å². The lowest BCUT2D eigenvalue weighted by molar-refractivity contribution is -0.0314. The van der Waals surface area contributed by atoms with Crippen molar-refractivity contribution in [1.82, 2.24) is 5.06 Å². The van der Waals surface area contributed by atoms with Crippen LogP contribution in [0.15, 0.2) is 0 Å². The molecule has 1 unspecified atom stereocenters. The molecule has 0 aromatic carbocycles. The molecule has 0 saturated carbocycles. The summed E-state index contributed by atoms with van der Waals surface area (Å²) in [4.78, 5) is 0. The van der Waals surface area contributed by atoms with E-state index in [2.05, 4.69) is 6.92 Å². The van der Waals surface area contributed by atoms with Gasteiger partial charge in [0.1, 0.15) is 5.84 Å². The Kier molecular flexibility index (Phi) is 1.71. The van der Waals surface area contributed by atoms with E-state index in [0.29, 0.717) is 18.3 Å². The first-order valence-corrected chi connectivity index (χ1v) is 3.24. The van der Waals surface area contributed by atoms with E-state index in [0.717, 1.165) is 17.9 Å². The van der Waals surface area contributed by atoms with E-state index in [9.17, 15) is 0 Å². The van der Waals surface area contributed by atoms with E-state index < -0.39 is 0 Å². The highest BCUT2D eigenvalue weighted by Crippen LogP contribution is 2.15. The third-order valence-electron chi connectivity index (χ3n) is 1.69. The zero-order valence-corrected chi connectivity index (χ0v) is 5.59. The van der Waals surface area contributed by atoms with Crippen molar-refractivity contribution in [3.63, 3.8) is 0 Å². The molecule has 1 aliphatic heterocycles. The predicted octanol–water partition coefficient (Wildman–Crippen LogP) is 1.08. The first-order chi connectivity index (χ1) is 4.20. The minimum Gasteiger partial charge on any atom is -0.287 e. The lowest BCUT2D eigenvalue weighted by atomic mass is 10.00. The van der Waals surface area contributed by atoms with Crippen molar-refractivity contribution in [3.05, 3.63) is 0 Å². The summed E-state index contributed by atoms with van der Waals surface area (Å²) in [5.74, 6) is 0.926. The molecular formula is C6H12N2O. The second kappa shape index (κ2) is 2.35. The fourth-order valence-corrected chi connectivity index (χ4v) is 1.02. The van der Waals surface area contributed by atoms with Crippen LogP contribution >= 0.6 is 0 Å². The van der Waals surface area contributed by atoms with Gasteiger partial charge in [0.2, 0.25) is 0 Å². The summed E-state index contributed by atoms with van der Waals surface area (Å²) in [5, 5.41) is 17.1. The van der Waals surface area contributed by atoms with Gasteiger partial charge in [0, 0.05) is 13.0 Å². The quantitative estimate of drug-likeness (QED) is 0.513. The molecule has 3 heteroatoms. The van der Waals surface area contributed by atoms with E-state index in [-0.39, 0.29) is 0 Å². The Morgan fingerprint density at radius 3 is 2.89 bits per heavy atom. The molecule has 0 spiro atoms. The van der Waals surface area contributed by atoms with Crippen LogP contribution in [0.5, 0.6) is 0 Å². The predicted molar refractivity (Wildman–Crippen MR) is 34.6 cm³/mol. The maximum absolute atomic E-state index is 8.90. The summed E-state index contributed by atoms with van der Waals surface area (Å²) in [6, 6.07) is 0. The van der Waals surface area contributed by atoms with Gasteiger partial charge in [0.05, 0.1) is 0 Å². The standard InChI is InChI=1S/C6H12N2O/c1-5-2-3-8(9)6(7)4-5/h5,7,9H,2-4H2,1H3. The first kappa shape index (κ1) is 6.55. The van der Waals surface area contributed by atoms with E-state index in [1.54, 1.807) is 0 Å². The summed E-state index contributed by atoms with van der Waals surface area (Å²) >= 11 is 0. The van der Waals surface area contributed by atoms with Crippen molar-refractivity contribution in [1.29, 1.82) is 5.41 Å². The highest BCUT2D eigenvalue weighted by molar-refractivity contribution is 5.78. The number of rotatable bonds is 0. The number of piperidine rings is 1.